The van der Waals surface area contributed by atoms with Crippen LogP contribution in [0.1, 0.15) is 31.7 Å². The highest BCUT2D eigenvalue weighted by atomic mass is 32.1. The minimum absolute atomic E-state index is 0.0207. The molecule has 6 nitrogen and oxygen atoms in total. The fourth-order valence-corrected chi connectivity index (χ4v) is 3.64. The van der Waals surface area contributed by atoms with E-state index < -0.39 is 0 Å². The topological polar surface area (TPSA) is 63.1 Å². The molecule has 0 spiro atoms. The van der Waals surface area contributed by atoms with Gasteiger partial charge in [0.05, 0.1) is 0 Å². The van der Waals surface area contributed by atoms with E-state index in [0.717, 1.165) is 43.9 Å². The second kappa shape index (κ2) is 5.72. The summed E-state index contributed by atoms with van der Waals surface area (Å²) >= 11 is 1.68. The van der Waals surface area contributed by atoms with Gasteiger partial charge in [0, 0.05) is 49.1 Å². The Morgan fingerprint density at radius 3 is 2.64 bits per heavy atom. The lowest BCUT2D eigenvalue weighted by Crippen LogP contribution is -2.40. The lowest BCUT2D eigenvalue weighted by Gasteiger charge is -2.32. The molecule has 1 saturated heterocycles. The first-order valence-corrected chi connectivity index (χ1v) is 8.67. The highest BCUT2D eigenvalue weighted by Crippen LogP contribution is 2.33. The summed E-state index contributed by atoms with van der Waals surface area (Å²) in [6, 6.07) is 0.703. The Bertz CT molecular complexity index is 686. The van der Waals surface area contributed by atoms with Crippen LogP contribution in [-0.2, 0) is 0 Å². The molecule has 0 amide bonds. The van der Waals surface area contributed by atoms with Crippen molar-refractivity contribution in [3.63, 3.8) is 0 Å². The van der Waals surface area contributed by atoms with E-state index in [0.29, 0.717) is 17.9 Å². The molecule has 116 valence electrons. The van der Waals surface area contributed by atoms with Gasteiger partial charge in [-0.25, -0.2) is 9.97 Å². The predicted octanol–water partition coefficient (Wildman–Crippen LogP) is 2.12. The number of piperidine rings is 1. The summed E-state index contributed by atoms with van der Waals surface area (Å²) in [7, 11) is 0. The van der Waals surface area contributed by atoms with Crippen molar-refractivity contribution in [3.05, 3.63) is 34.3 Å². The fraction of sp³-hybridized carbons (Fsp3) is 0.533. The molecule has 0 aromatic carbocycles. The summed E-state index contributed by atoms with van der Waals surface area (Å²) in [6.07, 6.45) is 9.59. The molecular formula is C15H19N5OS. The van der Waals surface area contributed by atoms with Gasteiger partial charge in [-0.15, -0.1) is 11.3 Å². The molecule has 1 aliphatic carbocycles. The van der Waals surface area contributed by atoms with Gasteiger partial charge in [0.1, 0.15) is 0 Å². The zero-order valence-corrected chi connectivity index (χ0v) is 13.1. The molecule has 7 heteroatoms. The maximum atomic E-state index is 12.4. The van der Waals surface area contributed by atoms with Crippen LogP contribution < -0.4 is 15.8 Å². The van der Waals surface area contributed by atoms with Crippen LogP contribution in [0.4, 0.5) is 10.9 Å². The van der Waals surface area contributed by atoms with Gasteiger partial charge in [-0.2, -0.15) is 0 Å². The van der Waals surface area contributed by atoms with Gasteiger partial charge in [-0.3, -0.25) is 4.79 Å². The molecule has 3 heterocycles. The van der Waals surface area contributed by atoms with Crippen LogP contribution >= 0.6 is 11.3 Å². The normalized spacial score (nSPS) is 19.4. The third kappa shape index (κ3) is 2.72. The zero-order valence-electron chi connectivity index (χ0n) is 12.3. The van der Waals surface area contributed by atoms with E-state index in [1.807, 2.05) is 16.1 Å². The van der Waals surface area contributed by atoms with E-state index in [1.54, 1.807) is 23.7 Å². The third-order valence-electron chi connectivity index (χ3n) is 4.33. The van der Waals surface area contributed by atoms with E-state index in [1.165, 1.54) is 0 Å². The van der Waals surface area contributed by atoms with Crippen molar-refractivity contribution in [3.8, 4) is 0 Å². The van der Waals surface area contributed by atoms with Crippen molar-refractivity contribution in [1.82, 2.24) is 14.5 Å². The maximum Gasteiger partial charge on any atom is 0.293 e. The summed E-state index contributed by atoms with van der Waals surface area (Å²) in [6.45, 7) is 1.93. The van der Waals surface area contributed by atoms with E-state index in [4.69, 9.17) is 0 Å². The largest absolute Gasteiger partial charge is 0.363 e. The first-order valence-electron chi connectivity index (χ1n) is 7.79. The number of nitrogens with zero attached hydrogens (tertiary/aromatic N) is 4. The van der Waals surface area contributed by atoms with Crippen LogP contribution in [0.25, 0.3) is 0 Å². The molecule has 2 fully saturated rings. The molecule has 0 radical (unpaired) electrons. The smallest absolute Gasteiger partial charge is 0.293 e. The van der Waals surface area contributed by atoms with Gasteiger partial charge in [0.25, 0.3) is 5.56 Å². The summed E-state index contributed by atoms with van der Waals surface area (Å²) in [4.78, 5) is 23.3. The second-order valence-corrected chi connectivity index (χ2v) is 6.81. The van der Waals surface area contributed by atoms with Crippen molar-refractivity contribution in [1.29, 1.82) is 0 Å². The Balaban J connectivity index is 1.41. The lowest BCUT2D eigenvalue weighted by molar-refractivity contribution is 0.523. The van der Waals surface area contributed by atoms with Gasteiger partial charge in [0.2, 0.25) is 0 Å². The first-order chi connectivity index (χ1) is 10.8. The molecular weight excluding hydrogens is 298 g/mol. The zero-order chi connectivity index (χ0) is 14.9. The first kappa shape index (κ1) is 13.8. The number of nitrogens with one attached hydrogen (secondary N) is 1. The lowest BCUT2D eigenvalue weighted by atomic mass is 10.1. The van der Waals surface area contributed by atoms with Crippen molar-refractivity contribution >= 4 is 22.3 Å². The minimum Gasteiger partial charge on any atom is -0.363 e. The number of thiazole rings is 1. The van der Waals surface area contributed by atoms with Crippen LogP contribution in [0.5, 0.6) is 0 Å². The number of hydrogen-bond acceptors (Lipinski definition) is 6. The van der Waals surface area contributed by atoms with Gasteiger partial charge in [0.15, 0.2) is 10.9 Å². The van der Waals surface area contributed by atoms with Crippen molar-refractivity contribution in [2.24, 2.45) is 0 Å². The van der Waals surface area contributed by atoms with Crippen LogP contribution in [0.15, 0.2) is 28.8 Å². The Morgan fingerprint density at radius 2 is 1.95 bits per heavy atom. The number of rotatable bonds is 4. The average Bonchev–Trinajstić information content (AvgIpc) is 3.24. The standard InChI is InChI=1S/C15H19N5OS/c21-14-13(16-5-9-20(14)12-1-2-12)18-11-3-7-19(8-4-11)15-17-6-10-22-15/h5-6,9-12H,1-4,7-8H2,(H,16,18). The molecule has 2 aliphatic rings. The van der Waals surface area contributed by atoms with Crippen LogP contribution in [0.3, 0.4) is 0 Å². The number of aromatic nitrogens is 3. The van der Waals surface area contributed by atoms with E-state index >= 15 is 0 Å². The molecule has 1 N–H and O–H groups in total. The maximum absolute atomic E-state index is 12.4. The van der Waals surface area contributed by atoms with Crippen LogP contribution in [0, 0.1) is 0 Å². The summed E-state index contributed by atoms with van der Waals surface area (Å²) < 4.78 is 1.82. The van der Waals surface area contributed by atoms with E-state index in [9.17, 15) is 4.79 Å². The Morgan fingerprint density at radius 1 is 1.14 bits per heavy atom. The summed E-state index contributed by atoms with van der Waals surface area (Å²) in [5.41, 5.74) is 0.0207. The average molecular weight is 317 g/mol. The Kier molecular flexibility index (Phi) is 3.57. The van der Waals surface area contributed by atoms with Crippen LogP contribution in [-0.4, -0.2) is 33.7 Å². The summed E-state index contributed by atoms with van der Waals surface area (Å²) in [5.74, 6) is 0.502. The Labute approximate surface area is 132 Å². The van der Waals surface area contributed by atoms with Gasteiger partial charge in [-0.05, 0) is 25.7 Å². The second-order valence-electron chi connectivity index (χ2n) is 5.94. The minimum atomic E-state index is 0.0207. The fourth-order valence-electron chi connectivity index (χ4n) is 2.94. The van der Waals surface area contributed by atoms with Gasteiger partial charge in [-0.1, -0.05) is 0 Å². The quantitative estimate of drug-likeness (QED) is 0.936. The molecule has 2 aromatic rings. The molecule has 22 heavy (non-hydrogen) atoms. The van der Waals surface area contributed by atoms with E-state index in [2.05, 4.69) is 20.2 Å². The van der Waals surface area contributed by atoms with Crippen LogP contribution in [0.2, 0.25) is 0 Å². The third-order valence-corrected chi connectivity index (χ3v) is 5.17. The van der Waals surface area contributed by atoms with E-state index in [-0.39, 0.29) is 5.56 Å². The molecule has 1 aliphatic heterocycles. The number of hydrogen-bond donors (Lipinski definition) is 1. The van der Waals surface area contributed by atoms with Gasteiger partial charge >= 0.3 is 0 Å². The molecule has 0 atom stereocenters. The highest BCUT2D eigenvalue weighted by molar-refractivity contribution is 7.13. The molecule has 0 bridgehead atoms. The van der Waals surface area contributed by atoms with Crippen molar-refractivity contribution < 1.29 is 0 Å². The molecule has 4 rings (SSSR count). The summed E-state index contributed by atoms with van der Waals surface area (Å²) in [5, 5.41) is 6.45. The van der Waals surface area contributed by atoms with Crippen molar-refractivity contribution in [2.45, 2.75) is 37.8 Å². The Hall–Kier alpha value is -1.89. The highest BCUT2D eigenvalue weighted by Gasteiger charge is 2.26. The molecule has 1 saturated carbocycles. The number of anilines is 2. The SMILES string of the molecule is O=c1c(NC2CCN(c3nccs3)CC2)nccn1C1CC1. The van der Waals surface area contributed by atoms with Crippen molar-refractivity contribution in [2.75, 3.05) is 23.3 Å². The predicted molar refractivity (Wildman–Crippen MR) is 87.7 cm³/mol. The molecule has 0 unspecified atom stereocenters. The monoisotopic (exact) mass is 317 g/mol. The molecule has 2 aromatic heterocycles. The van der Waals surface area contributed by atoms with Gasteiger partial charge < -0.3 is 14.8 Å².